The van der Waals surface area contributed by atoms with Gasteiger partial charge in [0.05, 0.1) is 67.3 Å². The first-order valence-electron chi connectivity index (χ1n) is 23.2. The molecule has 0 bridgehead atoms. The van der Waals surface area contributed by atoms with Gasteiger partial charge in [0.15, 0.2) is 0 Å². The molecule has 2 unspecified atom stereocenters. The Morgan fingerprint density at radius 1 is 0.621 bits per heavy atom. The molecule has 6 aliphatic rings. The number of carbonyl (C=O) groups excluding carboxylic acids is 4. The average Bonchev–Trinajstić information content (AvgIpc) is 3.94. The van der Waals surface area contributed by atoms with Crippen LogP contribution in [-0.4, -0.2) is 129 Å². The molecule has 7 heterocycles. The van der Waals surface area contributed by atoms with Crippen LogP contribution in [0.2, 0.25) is 0 Å². The van der Waals surface area contributed by atoms with Gasteiger partial charge in [0, 0.05) is 38.5 Å². The summed E-state index contributed by atoms with van der Waals surface area (Å²) < 4.78 is 20.9. The summed E-state index contributed by atoms with van der Waals surface area (Å²) in [7, 11) is 2.63. The molecule has 6 fully saturated rings. The fraction of sp³-hybridized carbons (Fsp3) is 0.500. The Hall–Kier alpha value is -6.40. The Morgan fingerprint density at radius 2 is 1.12 bits per heavy atom. The minimum atomic E-state index is -0.698. The number of H-pyrrole nitrogens is 2. The van der Waals surface area contributed by atoms with Crippen LogP contribution < -0.4 is 10.6 Å². The van der Waals surface area contributed by atoms with Gasteiger partial charge in [-0.25, -0.2) is 24.5 Å². The third-order valence-electron chi connectivity index (χ3n) is 14.8. The van der Waals surface area contributed by atoms with Crippen molar-refractivity contribution in [3.63, 3.8) is 0 Å². The first-order valence-corrected chi connectivity index (χ1v) is 23.2. The maximum atomic E-state index is 14.2. The van der Waals surface area contributed by atoms with Gasteiger partial charge < -0.3 is 49.3 Å². The van der Waals surface area contributed by atoms with Gasteiger partial charge in [0.25, 0.3) is 0 Å². The molecule has 4 N–H and O–H groups in total. The van der Waals surface area contributed by atoms with Gasteiger partial charge in [-0.3, -0.25) is 14.6 Å². The van der Waals surface area contributed by atoms with Gasteiger partial charge in [0.2, 0.25) is 11.8 Å². The van der Waals surface area contributed by atoms with E-state index in [-0.39, 0.29) is 47.8 Å². The van der Waals surface area contributed by atoms with Crippen LogP contribution in [0.15, 0.2) is 61.1 Å². The molecule has 2 aliphatic carbocycles. The van der Waals surface area contributed by atoms with Crippen LogP contribution in [0, 0.1) is 23.7 Å². The SMILES string of the molecule is COC(=O)N[C@H](C(=O)N1[C@@H]2CC2C[C@H]1c1ncc(-c2ccc(-c3ccc4nc(-c5cnc([C@@H]6CC7C[C@H]7N6C(=O)[C@@H](NC(=O)OC)C6CCOCC6)[nH]5)cnc4c3)cc2)[nH]1)C1CCOCC1. The van der Waals surface area contributed by atoms with Gasteiger partial charge >= 0.3 is 12.2 Å². The highest BCUT2D eigenvalue weighted by atomic mass is 16.5. The Kier molecular flexibility index (Phi) is 11.2. The summed E-state index contributed by atoms with van der Waals surface area (Å²) in [5, 5.41) is 5.69. The molecule has 66 heavy (non-hydrogen) atoms. The van der Waals surface area contributed by atoms with Crippen molar-refractivity contribution in [1.82, 2.24) is 50.3 Å². The molecule has 5 aromatic rings. The van der Waals surface area contributed by atoms with Crippen LogP contribution in [0.5, 0.6) is 0 Å². The van der Waals surface area contributed by atoms with Crippen LogP contribution >= 0.6 is 0 Å². The Balaban J connectivity index is 0.768. The van der Waals surface area contributed by atoms with E-state index in [2.05, 4.69) is 44.9 Å². The molecule has 18 heteroatoms. The van der Waals surface area contributed by atoms with Gasteiger partial charge in [-0.1, -0.05) is 30.3 Å². The normalized spacial score (nSPS) is 25.7. The molecular formula is C48H54N10O8. The van der Waals surface area contributed by atoms with Crippen molar-refractivity contribution in [2.75, 3.05) is 40.6 Å². The zero-order chi connectivity index (χ0) is 45.1. The number of carbonyl (C=O) groups is 4. The summed E-state index contributed by atoms with van der Waals surface area (Å²) in [6, 6.07) is 12.7. The lowest BCUT2D eigenvalue weighted by Gasteiger charge is -2.35. The standard InChI is InChI=1S/C48H54N10O8/c1-63-47(61)55-41(27-9-13-65-14-10-27)45(59)57-37-18-30(37)20-39(57)43-50-22-34(53-43)26-5-3-25(4-6-26)29-7-8-32-33(17-29)49-23-35(52-32)36-24-51-44(54-36)40-21-31-19-38(31)58(40)46(60)42(56-48(62)64-2)28-11-15-66-16-12-28/h3-8,17,22-24,27-28,30-31,37-42H,9-16,18-21H2,1-2H3,(H,50,53)(H,51,54)(H,55,61)(H,56,62)/t30?,31?,37-,38-,39+,40+,41+,42+/m1/s1. The Bertz CT molecular complexity index is 2640. The molecule has 0 radical (unpaired) electrons. The maximum absolute atomic E-state index is 14.2. The van der Waals surface area contributed by atoms with Crippen LogP contribution in [0.4, 0.5) is 9.59 Å². The lowest BCUT2D eigenvalue weighted by Crippen LogP contribution is -2.54. The number of aromatic nitrogens is 6. The first kappa shape index (κ1) is 42.2. The number of hydrogen-bond acceptors (Lipinski definition) is 12. The van der Waals surface area contributed by atoms with E-state index in [1.165, 1.54) is 14.2 Å². The van der Waals surface area contributed by atoms with Crippen molar-refractivity contribution in [2.24, 2.45) is 23.7 Å². The first-order chi connectivity index (χ1) is 32.2. The van der Waals surface area contributed by atoms with Crippen LogP contribution in [-0.2, 0) is 28.5 Å². The largest absolute Gasteiger partial charge is 0.453 e. The fourth-order valence-electron chi connectivity index (χ4n) is 11.0. The second-order valence-electron chi connectivity index (χ2n) is 18.6. The highest BCUT2D eigenvalue weighted by Gasteiger charge is 2.58. The lowest BCUT2D eigenvalue weighted by atomic mass is 9.90. The number of piperidine rings is 2. The number of methoxy groups -OCH3 is 2. The van der Waals surface area contributed by atoms with Crippen molar-refractivity contribution < 1.29 is 38.1 Å². The van der Waals surface area contributed by atoms with Crippen molar-refractivity contribution in [2.45, 2.75) is 87.6 Å². The highest BCUT2D eigenvalue weighted by Crippen LogP contribution is 2.55. The number of fused-ring (bicyclic) bond motifs is 3. The average molecular weight is 899 g/mol. The van der Waals surface area contributed by atoms with Gasteiger partial charge in [-0.05, 0) is 104 Å². The number of nitrogens with one attached hydrogen (secondary N) is 4. The second kappa shape index (κ2) is 17.4. The van der Waals surface area contributed by atoms with Crippen LogP contribution in [0.25, 0.3) is 44.8 Å². The number of nitrogens with zero attached hydrogens (tertiary/aromatic N) is 6. The number of amides is 4. The molecule has 4 amide bonds. The van der Waals surface area contributed by atoms with E-state index in [0.717, 1.165) is 64.9 Å². The Morgan fingerprint density at radius 3 is 1.67 bits per heavy atom. The number of benzene rings is 2. The van der Waals surface area contributed by atoms with Crippen LogP contribution in [0.1, 0.15) is 75.1 Å². The molecule has 8 atom stereocenters. The molecule has 18 nitrogen and oxygen atoms in total. The van der Waals surface area contributed by atoms with Crippen LogP contribution in [0.3, 0.4) is 0 Å². The molecule has 11 rings (SSSR count). The molecule has 0 spiro atoms. The molecule has 3 aromatic heterocycles. The summed E-state index contributed by atoms with van der Waals surface area (Å²) in [6.45, 7) is 2.22. The van der Waals surface area contributed by atoms with E-state index in [9.17, 15) is 19.2 Å². The van der Waals surface area contributed by atoms with Crippen molar-refractivity contribution in [3.8, 4) is 33.8 Å². The van der Waals surface area contributed by atoms with Gasteiger partial charge in [-0.2, -0.15) is 0 Å². The smallest absolute Gasteiger partial charge is 0.407 e. The zero-order valence-electron chi connectivity index (χ0n) is 37.0. The Labute approximate surface area is 380 Å². The number of hydrogen-bond donors (Lipinski definition) is 4. The summed E-state index contributed by atoms with van der Waals surface area (Å²) in [4.78, 5) is 83.4. The quantitative estimate of drug-likeness (QED) is 0.126. The minimum Gasteiger partial charge on any atom is -0.453 e. The third-order valence-corrected chi connectivity index (χ3v) is 14.8. The number of alkyl carbamates (subject to hydrolysis) is 2. The van der Waals surface area contributed by atoms with E-state index in [0.29, 0.717) is 81.2 Å². The predicted molar refractivity (Wildman–Crippen MR) is 238 cm³/mol. The summed E-state index contributed by atoms with van der Waals surface area (Å²) in [6.07, 6.45) is 10.4. The van der Waals surface area contributed by atoms with Gasteiger partial charge in [0.1, 0.15) is 29.4 Å². The van der Waals surface area contributed by atoms with Crippen molar-refractivity contribution >= 4 is 35.0 Å². The van der Waals surface area contributed by atoms with E-state index in [4.69, 9.17) is 38.9 Å². The highest BCUT2D eigenvalue weighted by molar-refractivity contribution is 5.88. The zero-order valence-corrected chi connectivity index (χ0v) is 37.0. The van der Waals surface area contributed by atoms with Crippen molar-refractivity contribution in [3.05, 3.63) is 72.7 Å². The number of imidazole rings is 2. The second-order valence-corrected chi connectivity index (χ2v) is 18.6. The van der Waals surface area contributed by atoms with Crippen molar-refractivity contribution in [1.29, 1.82) is 0 Å². The molecule has 2 aromatic carbocycles. The molecular weight excluding hydrogens is 845 g/mol. The molecule has 2 saturated carbocycles. The minimum absolute atomic E-state index is 0.0285. The number of rotatable bonds is 11. The van der Waals surface area contributed by atoms with E-state index in [1.54, 1.807) is 12.4 Å². The van der Waals surface area contributed by atoms with E-state index < -0.39 is 24.3 Å². The molecule has 344 valence electrons. The third kappa shape index (κ3) is 8.03. The molecule has 4 saturated heterocycles. The maximum Gasteiger partial charge on any atom is 0.407 e. The van der Waals surface area contributed by atoms with E-state index in [1.807, 2.05) is 34.2 Å². The summed E-state index contributed by atoms with van der Waals surface area (Å²) in [5.41, 5.74) is 6.67. The molecule has 4 aliphatic heterocycles. The number of aromatic amines is 2. The predicted octanol–water partition coefficient (Wildman–Crippen LogP) is 5.70. The number of ether oxygens (including phenoxy) is 4. The lowest BCUT2D eigenvalue weighted by molar-refractivity contribution is -0.138. The number of likely N-dealkylation sites (tertiary alicyclic amines) is 2. The van der Waals surface area contributed by atoms with Gasteiger partial charge in [-0.15, -0.1) is 0 Å². The fourth-order valence-corrected chi connectivity index (χ4v) is 11.0. The van der Waals surface area contributed by atoms with E-state index >= 15 is 0 Å². The summed E-state index contributed by atoms with van der Waals surface area (Å²) in [5.74, 6) is 2.02. The topological polar surface area (TPSA) is 219 Å². The summed E-state index contributed by atoms with van der Waals surface area (Å²) >= 11 is 0. The monoisotopic (exact) mass is 898 g/mol.